The van der Waals surface area contributed by atoms with Gasteiger partial charge < -0.3 is 19.8 Å². The second-order valence-corrected chi connectivity index (χ2v) is 5.21. The number of rotatable bonds is 6. The highest BCUT2D eigenvalue weighted by atomic mass is 19.1. The minimum Gasteiger partial charge on any atom is -0.491 e. The summed E-state index contributed by atoms with van der Waals surface area (Å²) in [5.41, 5.74) is 7.24. The highest BCUT2D eigenvalue weighted by Gasteiger charge is 2.31. The summed E-state index contributed by atoms with van der Waals surface area (Å²) in [6, 6.07) is 7.24. The van der Waals surface area contributed by atoms with E-state index in [0.717, 1.165) is 24.3 Å². The summed E-state index contributed by atoms with van der Waals surface area (Å²) >= 11 is 0. The maximum atomic E-state index is 13.8. The van der Waals surface area contributed by atoms with Crippen LogP contribution in [0, 0.1) is 5.82 Å². The SMILES string of the molecule is CCOc1cc(N(Cc2ccco2)C2CC2)c(N)cc1F. The fourth-order valence-electron chi connectivity index (χ4n) is 2.44. The number of furan rings is 1. The van der Waals surface area contributed by atoms with E-state index in [2.05, 4.69) is 4.90 Å². The molecule has 1 aromatic heterocycles. The normalized spacial score (nSPS) is 14.2. The zero-order valence-electron chi connectivity index (χ0n) is 12.0. The first-order chi connectivity index (χ1) is 10.2. The lowest BCUT2D eigenvalue weighted by Gasteiger charge is -2.26. The average Bonchev–Trinajstić information content (AvgIpc) is 3.17. The molecule has 0 amide bonds. The van der Waals surface area contributed by atoms with Crippen molar-refractivity contribution in [3.8, 4) is 5.75 Å². The molecule has 0 atom stereocenters. The molecular weight excluding hydrogens is 271 g/mol. The molecule has 3 rings (SSSR count). The highest BCUT2D eigenvalue weighted by Crippen LogP contribution is 2.39. The first-order valence-corrected chi connectivity index (χ1v) is 7.20. The highest BCUT2D eigenvalue weighted by molar-refractivity contribution is 5.71. The van der Waals surface area contributed by atoms with Crippen LogP contribution < -0.4 is 15.4 Å². The van der Waals surface area contributed by atoms with E-state index in [4.69, 9.17) is 14.9 Å². The molecule has 1 fully saturated rings. The Morgan fingerprint density at radius 1 is 1.43 bits per heavy atom. The number of nitrogen functional groups attached to an aromatic ring is 1. The molecule has 1 aliphatic carbocycles. The van der Waals surface area contributed by atoms with Crippen LogP contribution in [0.1, 0.15) is 25.5 Å². The second-order valence-electron chi connectivity index (χ2n) is 5.21. The molecule has 0 saturated heterocycles. The molecule has 2 aromatic rings. The fraction of sp³-hybridized carbons (Fsp3) is 0.375. The van der Waals surface area contributed by atoms with E-state index in [1.807, 2.05) is 19.1 Å². The van der Waals surface area contributed by atoms with Crippen LogP contribution in [0.5, 0.6) is 5.75 Å². The first kappa shape index (κ1) is 13.8. The van der Waals surface area contributed by atoms with E-state index < -0.39 is 5.82 Å². The monoisotopic (exact) mass is 290 g/mol. The van der Waals surface area contributed by atoms with Crippen LogP contribution in [0.3, 0.4) is 0 Å². The Hall–Kier alpha value is -2.17. The molecule has 1 saturated carbocycles. The van der Waals surface area contributed by atoms with Crippen molar-refractivity contribution in [2.24, 2.45) is 0 Å². The Balaban J connectivity index is 1.93. The van der Waals surface area contributed by atoms with Gasteiger partial charge >= 0.3 is 0 Å². The number of nitrogens with two attached hydrogens (primary N) is 1. The number of nitrogens with zero attached hydrogens (tertiary/aromatic N) is 1. The van der Waals surface area contributed by atoms with Crippen molar-refractivity contribution < 1.29 is 13.5 Å². The van der Waals surface area contributed by atoms with Gasteiger partial charge in [0.1, 0.15) is 5.76 Å². The topological polar surface area (TPSA) is 51.6 Å². The zero-order valence-corrected chi connectivity index (χ0v) is 12.0. The molecule has 1 aromatic carbocycles. The summed E-state index contributed by atoms with van der Waals surface area (Å²) in [4.78, 5) is 2.16. The van der Waals surface area contributed by atoms with E-state index >= 15 is 0 Å². The summed E-state index contributed by atoms with van der Waals surface area (Å²) in [6.07, 6.45) is 3.88. The smallest absolute Gasteiger partial charge is 0.167 e. The van der Waals surface area contributed by atoms with Crippen molar-refractivity contribution in [2.75, 3.05) is 17.2 Å². The summed E-state index contributed by atoms with van der Waals surface area (Å²) in [7, 11) is 0. The molecule has 5 heteroatoms. The molecule has 0 radical (unpaired) electrons. The maximum Gasteiger partial charge on any atom is 0.167 e. The standard InChI is InChI=1S/C16H19FN2O2/c1-2-20-16-9-15(14(18)8-13(16)17)19(11-5-6-11)10-12-4-3-7-21-12/h3-4,7-9,11H,2,5-6,10,18H2,1H3. The third-order valence-electron chi connectivity index (χ3n) is 3.58. The van der Waals surface area contributed by atoms with Gasteiger partial charge in [0.05, 0.1) is 30.8 Å². The van der Waals surface area contributed by atoms with Gasteiger partial charge in [0.25, 0.3) is 0 Å². The number of hydrogen-bond acceptors (Lipinski definition) is 4. The minimum atomic E-state index is -0.424. The van der Waals surface area contributed by atoms with Crippen LogP contribution in [0.15, 0.2) is 34.9 Å². The average molecular weight is 290 g/mol. The molecule has 2 N–H and O–H groups in total. The minimum absolute atomic E-state index is 0.242. The summed E-state index contributed by atoms with van der Waals surface area (Å²) in [6.45, 7) is 2.87. The Morgan fingerprint density at radius 2 is 2.24 bits per heavy atom. The van der Waals surface area contributed by atoms with E-state index in [1.54, 1.807) is 12.3 Å². The van der Waals surface area contributed by atoms with Gasteiger partial charge in [-0.05, 0) is 31.9 Å². The van der Waals surface area contributed by atoms with Gasteiger partial charge in [-0.2, -0.15) is 0 Å². The molecule has 0 aliphatic heterocycles. The Bertz CT molecular complexity index is 609. The van der Waals surface area contributed by atoms with Crippen molar-refractivity contribution in [1.82, 2.24) is 0 Å². The zero-order chi connectivity index (χ0) is 14.8. The molecule has 4 nitrogen and oxygen atoms in total. The summed E-state index contributed by atoms with van der Waals surface area (Å²) in [5.74, 6) is 0.683. The van der Waals surface area contributed by atoms with Crippen molar-refractivity contribution in [3.05, 3.63) is 42.1 Å². The predicted molar refractivity (Wildman–Crippen MR) is 79.9 cm³/mol. The summed E-state index contributed by atoms with van der Waals surface area (Å²) < 4.78 is 24.6. The first-order valence-electron chi connectivity index (χ1n) is 7.20. The second kappa shape index (κ2) is 5.68. The van der Waals surface area contributed by atoms with Crippen LogP contribution in [0.25, 0.3) is 0 Å². The van der Waals surface area contributed by atoms with Gasteiger partial charge in [-0.3, -0.25) is 0 Å². The van der Waals surface area contributed by atoms with E-state index in [9.17, 15) is 4.39 Å². The predicted octanol–water partition coefficient (Wildman–Crippen LogP) is 3.57. The molecular formula is C16H19FN2O2. The van der Waals surface area contributed by atoms with Gasteiger partial charge in [-0.25, -0.2) is 4.39 Å². The Labute approximate surface area is 123 Å². The Morgan fingerprint density at radius 3 is 2.86 bits per heavy atom. The molecule has 0 bridgehead atoms. The molecule has 1 aliphatic rings. The maximum absolute atomic E-state index is 13.8. The fourth-order valence-corrected chi connectivity index (χ4v) is 2.44. The summed E-state index contributed by atoms with van der Waals surface area (Å²) in [5, 5.41) is 0. The number of anilines is 2. The van der Waals surface area contributed by atoms with Crippen LogP contribution in [-0.4, -0.2) is 12.6 Å². The number of halogens is 1. The lowest BCUT2D eigenvalue weighted by atomic mass is 10.2. The third-order valence-corrected chi connectivity index (χ3v) is 3.58. The van der Waals surface area contributed by atoms with Crippen LogP contribution >= 0.6 is 0 Å². The van der Waals surface area contributed by atoms with Crippen LogP contribution in [0.2, 0.25) is 0 Å². The molecule has 21 heavy (non-hydrogen) atoms. The van der Waals surface area contributed by atoms with Gasteiger partial charge in [0.15, 0.2) is 11.6 Å². The molecule has 1 heterocycles. The van der Waals surface area contributed by atoms with Crippen molar-refractivity contribution in [3.63, 3.8) is 0 Å². The third kappa shape index (κ3) is 2.96. The van der Waals surface area contributed by atoms with Gasteiger partial charge in [0, 0.05) is 18.2 Å². The van der Waals surface area contributed by atoms with E-state index in [-0.39, 0.29) is 5.75 Å². The molecule has 112 valence electrons. The lowest BCUT2D eigenvalue weighted by Crippen LogP contribution is -2.26. The van der Waals surface area contributed by atoms with E-state index in [0.29, 0.717) is 24.9 Å². The number of ether oxygens (including phenoxy) is 1. The Kier molecular flexibility index (Phi) is 3.73. The van der Waals surface area contributed by atoms with Crippen LogP contribution in [-0.2, 0) is 6.54 Å². The van der Waals surface area contributed by atoms with Crippen molar-refractivity contribution in [1.29, 1.82) is 0 Å². The van der Waals surface area contributed by atoms with Gasteiger partial charge in [-0.1, -0.05) is 0 Å². The van der Waals surface area contributed by atoms with Crippen LogP contribution in [0.4, 0.5) is 15.8 Å². The number of benzene rings is 1. The number of hydrogen-bond donors (Lipinski definition) is 1. The largest absolute Gasteiger partial charge is 0.491 e. The van der Waals surface area contributed by atoms with Gasteiger partial charge in [-0.15, -0.1) is 0 Å². The van der Waals surface area contributed by atoms with Gasteiger partial charge in [0.2, 0.25) is 0 Å². The quantitative estimate of drug-likeness (QED) is 0.826. The lowest BCUT2D eigenvalue weighted by molar-refractivity contribution is 0.321. The van der Waals surface area contributed by atoms with E-state index in [1.165, 1.54) is 6.07 Å². The molecule has 0 unspecified atom stereocenters. The van der Waals surface area contributed by atoms with Crippen molar-refractivity contribution >= 4 is 11.4 Å². The molecule has 0 spiro atoms. The van der Waals surface area contributed by atoms with Crippen molar-refractivity contribution in [2.45, 2.75) is 32.4 Å².